The van der Waals surface area contributed by atoms with Crippen molar-refractivity contribution in [3.8, 4) is 0 Å². The lowest BCUT2D eigenvalue weighted by molar-refractivity contribution is -0.165. The van der Waals surface area contributed by atoms with Crippen molar-refractivity contribution in [2.45, 2.75) is 103 Å². The second-order valence-corrected chi connectivity index (χ2v) is 11.8. The summed E-state index contributed by atoms with van der Waals surface area (Å²) in [6.07, 6.45) is 21.3. The van der Waals surface area contributed by atoms with Crippen molar-refractivity contribution in [1.82, 2.24) is 10.2 Å². The monoisotopic (exact) mass is 462 g/mol. The third kappa shape index (κ3) is 5.39. The van der Waals surface area contributed by atoms with Crippen LogP contribution >= 0.6 is 0 Å². The highest BCUT2D eigenvalue weighted by molar-refractivity contribution is 5.83. The van der Waals surface area contributed by atoms with Crippen LogP contribution in [0.3, 0.4) is 0 Å². The van der Waals surface area contributed by atoms with E-state index in [9.17, 15) is 13.6 Å². The first-order valence-electron chi connectivity index (χ1n) is 13.5. The minimum Gasteiger partial charge on any atom is -0.335 e. The van der Waals surface area contributed by atoms with Crippen LogP contribution in [-0.2, 0) is 4.79 Å². The molecule has 2 fully saturated rings. The summed E-state index contributed by atoms with van der Waals surface area (Å²) in [6.45, 7) is 5.29. The molecule has 4 rings (SSSR count). The molecular weight excluding hydrogens is 418 g/mol. The van der Waals surface area contributed by atoms with E-state index in [1.807, 2.05) is 0 Å². The van der Waals surface area contributed by atoms with Gasteiger partial charge in [0, 0.05) is 26.1 Å². The summed E-state index contributed by atoms with van der Waals surface area (Å²) in [7, 11) is 0. The van der Waals surface area contributed by atoms with Crippen molar-refractivity contribution >= 4 is 5.91 Å². The van der Waals surface area contributed by atoms with Gasteiger partial charge in [0.1, 0.15) is 5.41 Å². The maximum atomic E-state index is 14.2. The smallest absolute Gasteiger partial charge is 0.259 e. The Labute approximate surface area is 199 Å². The molecule has 1 N–H and O–H groups in total. The van der Waals surface area contributed by atoms with Gasteiger partial charge < -0.3 is 10.2 Å². The van der Waals surface area contributed by atoms with Crippen molar-refractivity contribution in [2.24, 2.45) is 29.1 Å². The summed E-state index contributed by atoms with van der Waals surface area (Å²) in [6, 6.07) is 0.523. The highest BCUT2D eigenvalue weighted by Gasteiger charge is 2.51. The normalized spacial score (nSPS) is 34.5. The minimum atomic E-state index is -3.04. The molecule has 3 atom stereocenters. The van der Waals surface area contributed by atoms with Crippen LogP contribution in [0.25, 0.3) is 0 Å². The van der Waals surface area contributed by atoms with E-state index in [1.165, 1.54) is 46.0 Å². The summed E-state index contributed by atoms with van der Waals surface area (Å²) < 4.78 is 28.4. The van der Waals surface area contributed by atoms with E-state index in [0.29, 0.717) is 30.3 Å². The highest BCUT2D eigenvalue weighted by Crippen LogP contribution is 2.42. The van der Waals surface area contributed by atoms with Gasteiger partial charge in [-0.25, -0.2) is 8.78 Å². The number of amides is 1. The maximum Gasteiger partial charge on any atom is 0.259 e. The number of halogens is 2. The molecule has 1 unspecified atom stereocenters. The molecule has 2 saturated carbocycles. The molecule has 186 valence electrons. The van der Waals surface area contributed by atoms with Gasteiger partial charge in [-0.05, 0) is 82.5 Å². The third-order valence-electron chi connectivity index (χ3n) is 9.34. The molecule has 2 heterocycles. The van der Waals surface area contributed by atoms with Crippen molar-refractivity contribution in [2.75, 3.05) is 13.1 Å². The molecule has 0 bridgehead atoms. The molecule has 5 heteroatoms. The van der Waals surface area contributed by atoms with E-state index < -0.39 is 17.2 Å². The molecule has 2 aliphatic carbocycles. The predicted molar refractivity (Wildman–Crippen MR) is 130 cm³/mol. The zero-order chi connectivity index (χ0) is 23.6. The molecule has 0 aromatic rings. The molecule has 0 radical (unpaired) electrons. The first-order chi connectivity index (χ1) is 15.7. The van der Waals surface area contributed by atoms with Gasteiger partial charge in [0.2, 0.25) is 5.91 Å². The number of hydrogen-bond donors (Lipinski definition) is 1. The average Bonchev–Trinajstić information content (AvgIpc) is 2.83. The SMILES string of the molecule is CC(F)(F)C(C)(C)C(=O)N1CCC=C[C@H]1C1CCC(C2C=C[C@@H](C3CCCCC3)NC2)CC1. The average molecular weight is 463 g/mol. The first kappa shape index (κ1) is 24.9. The van der Waals surface area contributed by atoms with E-state index in [0.717, 1.165) is 51.5 Å². The van der Waals surface area contributed by atoms with Gasteiger partial charge in [0.15, 0.2) is 0 Å². The summed E-state index contributed by atoms with van der Waals surface area (Å²) in [5.41, 5.74) is -1.68. The topological polar surface area (TPSA) is 32.3 Å². The summed E-state index contributed by atoms with van der Waals surface area (Å²) in [5.74, 6) is -0.969. The highest BCUT2D eigenvalue weighted by atomic mass is 19.3. The van der Waals surface area contributed by atoms with Gasteiger partial charge in [-0.15, -0.1) is 0 Å². The summed E-state index contributed by atoms with van der Waals surface area (Å²) in [5, 5.41) is 3.84. The number of carbonyl (C=O) groups is 1. The molecule has 33 heavy (non-hydrogen) atoms. The first-order valence-corrected chi connectivity index (χ1v) is 13.5. The Morgan fingerprint density at radius 1 is 0.879 bits per heavy atom. The summed E-state index contributed by atoms with van der Waals surface area (Å²) in [4.78, 5) is 15.0. The predicted octanol–water partition coefficient (Wildman–Crippen LogP) is 6.36. The van der Waals surface area contributed by atoms with Crippen molar-refractivity contribution < 1.29 is 13.6 Å². The number of alkyl halides is 2. The lowest BCUT2D eigenvalue weighted by Crippen LogP contribution is -2.55. The largest absolute Gasteiger partial charge is 0.335 e. The van der Waals surface area contributed by atoms with E-state index in [2.05, 4.69) is 29.6 Å². The molecule has 3 nitrogen and oxygen atoms in total. The number of hydrogen-bond acceptors (Lipinski definition) is 2. The third-order valence-corrected chi connectivity index (χ3v) is 9.34. The number of nitrogens with one attached hydrogen (secondary N) is 1. The molecule has 0 aromatic heterocycles. The second-order valence-electron chi connectivity index (χ2n) is 11.8. The molecular formula is C28H44F2N2O. The van der Waals surface area contributed by atoms with Crippen LogP contribution in [0.2, 0.25) is 0 Å². The Morgan fingerprint density at radius 3 is 2.15 bits per heavy atom. The van der Waals surface area contributed by atoms with Crippen LogP contribution in [-0.4, -0.2) is 41.9 Å². The molecule has 4 aliphatic rings. The number of carbonyl (C=O) groups excluding carboxylic acids is 1. The van der Waals surface area contributed by atoms with E-state index in [4.69, 9.17) is 0 Å². The quantitative estimate of drug-likeness (QED) is 0.483. The fraction of sp³-hybridized carbons (Fsp3) is 0.821. The van der Waals surface area contributed by atoms with Gasteiger partial charge in [-0.3, -0.25) is 4.79 Å². The van der Waals surface area contributed by atoms with Crippen LogP contribution in [0.15, 0.2) is 24.3 Å². The Kier molecular flexibility index (Phi) is 7.67. The van der Waals surface area contributed by atoms with E-state index in [1.54, 1.807) is 4.90 Å². The van der Waals surface area contributed by atoms with Crippen molar-refractivity contribution in [3.05, 3.63) is 24.3 Å². The Bertz CT molecular complexity index is 727. The van der Waals surface area contributed by atoms with Crippen molar-refractivity contribution in [3.63, 3.8) is 0 Å². The van der Waals surface area contributed by atoms with E-state index in [-0.39, 0.29) is 6.04 Å². The van der Waals surface area contributed by atoms with Gasteiger partial charge in [-0.1, -0.05) is 43.6 Å². The Hall–Kier alpha value is -1.23. The lowest BCUT2D eigenvalue weighted by Gasteiger charge is -2.45. The van der Waals surface area contributed by atoms with Crippen LogP contribution in [0.5, 0.6) is 0 Å². The summed E-state index contributed by atoms with van der Waals surface area (Å²) >= 11 is 0. The fourth-order valence-electron chi connectivity index (χ4n) is 6.62. The zero-order valence-electron chi connectivity index (χ0n) is 20.9. The lowest BCUT2D eigenvalue weighted by atomic mass is 9.71. The fourth-order valence-corrected chi connectivity index (χ4v) is 6.62. The van der Waals surface area contributed by atoms with E-state index >= 15 is 0 Å². The molecule has 0 spiro atoms. The molecule has 0 saturated heterocycles. The standard InChI is InChI=1S/C28H44F2N2O/c1-27(2,28(3,29)30)26(33)32-18-8-7-11-25(32)22-14-12-20(13-15-22)23-16-17-24(31-19-23)21-9-5-4-6-10-21/h7,11,16-17,20-25,31H,4-6,8-10,12-15,18-19H2,1-3H3/t20?,22?,23?,24-,25-/m0/s1. The maximum absolute atomic E-state index is 14.2. The van der Waals surface area contributed by atoms with Gasteiger partial charge in [-0.2, -0.15) is 0 Å². The van der Waals surface area contributed by atoms with Crippen LogP contribution in [0.4, 0.5) is 8.78 Å². The number of rotatable bonds is 5. The second kappa shape index (κ2) is 10.2. The Balaban J connectivity index is 1.33. The Morgan fingerprint density at radius 2 is 1.55 bits per heavy atom. The zero-order valence-corrected chi connectivity index (χ0v) is 20.9. The number of nitrogens with zero attached hydrogens (tertiary/aromatic N) is 1. The minimum absolute atomic E-state index is 0.0375. The molecule has 1 amide bonds. The van der Waals surface area contributed by atoms with Gasteiger partial charge >= 0.3 is 0 Å². The van der Waals surface area contributed by atoms with Gasteiger partial charge in [0.25, 0.3) is 5.92 Å². The van der Waals surface area contributed by atoms with Crippen molar-refractivity contribution in [1.29, 1.82) is 0 Å². The van der Waals surface area contributed by atoms with Gasteiger partial charge in [0.05, 0.1) is 6.04 Å². The molecule has 2 aliphatic heterocycles. The van der Waals surface area contributed by atoms with Crippen LogP contribution in [0.1, 0.15) is 85.0 Å². The molecule has 0 aromatic carbocycles. The van der Waals surface area contributed by atoms with Crippen LogP contribution in [0, 0.1) is 29.1 Å². The van der Waals surface area contributed by atoms with Crippen LogP contribution < -0.4 is 5.32 Å².